The number of amides is 1. The first-order chi connectivity index (χ1) is 15.0. The van der Waals surface area contributed by atoms with E-state index in [4.69, 9.17) is 9.47 Å². The molecule has 4 rings (SSSR count). The maximum atomic E-state index is 13.8. The average molecular weight is 424 g/mol. The van der Waals surface area contributed by atoms with Crippen LogP contribution in [-0.4, -0.2) is 61.9 Å². The van der Waals surface area contributed by atoms with Gasteiger partial charge in [0.2, 0.25) is 5.91 Å². The van der Waals surface area contributed by atoms with Gasteiger partial charge in [-0.1, -0.05) is 18.2 Å². The molecule has 1 amide bonds. The van der Waals surface area contributed by atoms with Crippen molar-refractivity contribution < 1.29 is 23.8 Å². The lowest BCUT2D eigenvalue weighted by atomic mass is 10.0. The fourth-order valence-electron chi connectivity index (χ4n) is 3.73. The van der Waals surface area contributed by atoms with Crippen LogP contribution in [0, 0.1) is 5.82 Å². The molecular formula is C24H25FN2O4. The van der Waals surface area contributed by atoms with Crippen molar-refractivity contribution in [2.24, 2.45) is 0 Å². The van der Waals surface area contributed by atoms with Gasteiger partial charge in [-0.3, -0.25) is 9.69 Å². The predicted octanol–water partition coefficient (Wildman–Crippen LogP) is 2.83. The first kappa shape index (κ1) is 21.1. The van der Waals surface area contributed by atoms with Crippen molar-refractivity contribution in [3.8, 4) is 22.6 Å². The fourth-order valence-corrected chi connectivity index (χ4v) is 3.73. The molecule has 7 heteroatoms. The summed E-state index contributed by atoms with van der Waals surface area (Å²) in [5, 5.41) is 15.0. The molecule has 1 aliphatic rings. The largest absolute Gasteiger partial charge is 0.497 e. The predicted molar refractivity (Wildman–Crippen MR) is 117 cm³/mol. The van der Waals surface area contributed by atoms with Gasteiger partial charge in [-0.05, 0) is 52.2 Å². The number of rotatable bonds is 7. The molecule has 3 aromatic carbocycles. The Labute approximate surface area is 180 Å². The molecule has 31 heavy (non-hydrogen) atoms. The first-order valence-electron chi connectivity index (χ1n) is 10.2. The molecule has 1 atom stereocenters. The van der Waals surface area contributed by atoms with E-state index in [1.807, 2.05) is 41.3 Å². The summed E-state index contributed by atoms with van der Waals surface area (Å²) in [6.07, 6.45) is -0.688. The van der Waals surface area contributed by atoms with Crippen molar-refractivity contribution in [2.45, 2.75) is 6.10 Å². The van der Waals surface area contributed by atoms with E-state index in [1.165, 1.54) is 19.2 Å². The number of nitrogens with zero attached hydrogens (tertiary/aromatic N) is 1. The zero-order chi connectivity index (χ0) is 21.8. The number of carbonyl (C=O) groups excluding carboxylic acids is 1. The Hall–Kier alpha value is -3.16. The number of hydrogen-bond acceptors (Lipinski definition) is 5. The van der Waals surface area contributed by atoms with Gasteiger partial charge >= 0.3 is 0 Å². The molecule has 0 spiro atoms. The minimum absolute atomic E-state index is 0.0232. The third-order valence-corrected chi connectivity index (χ3v) is 5.28. The van der Waals surface area contributed by atoms with Gasteiger partial charge in [0.05, 0.1) is 13.7 Å². The molecule has 0 saturated carbocycles. The summed E-state index contributed by atoms with van der Waals surface area (Å²) >= 11 is 0. The molecule has 6 nitrogen and oxygen atoms in total. The summed E-state index contributed by atoms with van der Waals surface area (Å²) in [5.74, 6) is 0.762. The van der Waals surface area contributed by atoms with Crippen LogP contribution in [0.25, 0.3) is 21.9 Å². The van der Waals surface area contributed by atoms with Crippen LogP contribution < -0.4 is 14.8 Å². The smallest absolute Gasteiger partial charge is 0.234 e. The van der Waals surface area contributed by atoms with Gasteiger partial charge in [0, 0.05) is 25.7 Å². The van der Waals surface area contributed by atoms with Crippen molar-refractivity contribution in [3.63, 3.8) is 0 Å². The van der Waals surface area contributed by atoms with Crippen LogP contribution in [0.5, 0.6) is 11.5 Å². The van der Waals surface area contributed by atoms with Crippen LogP contribution in [0.4, 0.5) is 4.39 Å². The van der Waals surface area contributed by atoms with Gasteiger partial charge < -0.3 is 19.9 Å². The molecule has 0 aromatic heterocycles. The molecule has 3 aromatic rings. The SMILES string of the molecule is COc1cc(F)cc(-c2ccc3cc(OCC(O)CN4CCNC(=O)C4)ccc3c2)c1. The van der Waals surface area contributed by atoms with E-state index in [2.05, 4.69) is 5.32 Å². The molecule has 2 N–H and O–H groups in total. The van der Waals surface area contributed by atoms with E-state index in [0.717, 1.165) is 28.4 Å². The second kappa shape index (κ2) is 9.32. The van der Waals surface area contributed by atoms with Crippen LogP contribution in [0.2, 0.25) is 0 Å². The summed E-state index contributed by atoms with van der Waals surface area (Å²) in [4.78, 5) is 13.3. The number of fused-ring (bicyclic) bond motifs is 1. The number of benzene rings is 3. The van der Waals surface area contributed by atoms with Crippen molar-refractivity contribution in [1.29, 1.82) is 0 Å². The zero-order valence-electron chi connectivity index (χ0n) is 17.3. The molecule has 1 aliphatic heterocycles. The third-order valence-electron chi connectivity index (χ3n) is 5.28. The first-order valence-corrected chi connectivity index (χ1v) is 10.2. The van der Waals surface area contributed by atoms with Gasteiger partial charge in [0.15, 0.2) is 0 Å². The lowest BCUT2D eigenvalue weighted by Gasteiger charge is -2.28. The maximum absolute atomic E-state index is 13.8. The highest BCUT2D eigenvalue weighted by Gasteiger charge is 2.19. The van der Waals surface area contributed by atoms with Gasteiger partial charge in [-0.15, -0.1) is 0 Å². The highest BCUT2D eigenvalue weighted by Crippen LogP contribution is 2.30. The topological polar surface area (TPSA) is 71.0 Å². The molecule has 1 saturated heterocycles. The van der Waals surface area contributed by atoms with Gasteiger partial charge in [0.25, 0.3) is 0 Å². The van der Waals surface area contributed by atoms with E-state index in [9.17, 15) is 14.3 Å². The number of aliphatic hydroxyl groups excluding tert-OH is 1. The average Bonchev–Trinajstić information content (AvgIpc) is 2.76. The maximum Gasteiger partial charge on any atom is 0.234 e. The van der Waals surface area contributed by atoms with Crippen molar-refractivity contribution in [2.75, 3.05) is 39.9 Å². The van der Waals surface area contributed by atoms with Crippen LogP contribution in [0.1, 0.15) is 0 Å². The van der Waals surface area contributed by atoms with E-state index < -0.39 is 6.10 Å². The Bertz CT molecular complexity index is 1090. The van der Waals surface area contributed by atoms with E-state index in [0.29, 0.717) is 31.1 Å². The molecule has 1 heterocycles. The number of nitrogens with one attached hydrogen (secondary N) is 1. The highest BCUT2D eigenvalue weighted by molar-refractivity contribution is 5.88. The third kappa shape index (κ3) is 5.31. The van der Waals surface area contributed by atoms with Crippen molar-refractivity contribution >= 4 is 16.7 Å². The van der Waals surface area contributed by atoms with Crippen LogP contribution in [0.3, 0.4) is 0 Å². The number of carbonyl (C=O) groups is 1. The number of aliphatic hydroxyl groups is 1. The highest BCUT2D eigenvalue weighted by atomic mass is 19.1. The normalized spacial score (nSPS) is 15.5. The van der Waals surface area contributed by atoms with Gasteiger partial charge in [0.1, 0.15) is 30.0 Å². The molecule has 1 unspecified atom stereocenters. The van der Waals surface area contributed by atoms with Crippen LogP contribution >= 0.6 is 0 Å². The van der Waals surface area contributed by atoms with E-state index >= 15 is 0 Å². The van der Waals surface area contributed by atoms with Crippen LogP contribution in [0.15, 0.2) is 54.6 Å². The number of hydrogen-bond donors (Lipinski definition) is 2. The second-order valence-electron chi connectivity index (χ2n) is 7.65. The Kier molecular flexibility index (Phi) is 6.34. The number of methoxy groups -OCH3 is 1. The Morgan fingerprint density at radius 3 is 2.68 bits per heavy atom. The summed E-state index contributed by atoms with van der Waals surface area (Å²) < 4.78 is 24.8. The van der Waals surface area contributed by atoms with Gasteiger partial charge in [-0.2, -0.15) is 0 Å². The van der Waals surface area contributed by atoms with E-state index in [1.54, 1.807) is 6.07 Å². The quantitative estimate of drug-likeness (QED) is 0.610. The Morgan fingerprint density at radius 2 is 1.87 bits per heavy atom. The Balaban J connectivity index is 1.42. The second-order valence-corrected chi connectivity index (χ2v) is 7.65. The standard InChI is InChI=1S/C24H25FN2O4/c1-30-23-11-19(9-20(25)12-23)17-2-3-18-10-22(5-4-16(18)8-17)31-15-21(28)13-27-7-6-26-24(29)14-27/h2-5,8-12,21,28H,6-7,13-15H2,1H3,(H,26,29). The minimum atomic E-state index is -0.688. The van der Waals surface area contributed by atoms with E-state index in [-0.39, 0.29) is 18.3 Å². The monoisotopic (exact) mass is 424 g/mol. The molecule has 0 bridgehead atoms. The zero-order valence-corrected chi connectivity index (χ0v) is 17.3. The summed E-state index contributed by atoms with van der Waals surface area (Å²) in [7, 11) is 1.51. The molecule has 0 aliphatic carbocycles. The molecule has 1 fully saturated rings. The van der Waals surface area contributed by atoms with Crippen LogP contribution in [-0.2, 0) is 4.79 Å². The molecule has 0 radical (unpaired) electrons. The number of β-amino-alcohol motifs (C(OH)–C–C–N with tert-alkyl or cyclic N) is 1. The lowest BCUT2D eigenvalue weighted by Crippen LogP contribution is -2.50. The number of ether oxygens (including phenoxy) is 2. The number of piperazine rings is 1. The lowest BCUT2D eigenvalue weighted by molar-refractivity contribution is -0.124. The minimum Gasteiger partial charge on any atom is -0.497 e. The summed E-state index contributed by atoms with van der Waals surface area (Å²) in [6.45, 7) is 2.15. The summed E-state index contributed by atoms with van der Waals surface area (Å²) in [5.41, 5.74) is 1.63. The van der Waals surface area contributed by atoms with Crippen molar-refractivity contribution in [1.82, 2.24) is 10.2 Å². The Morgan fingerprint density at radius 1 is 1.06 bits per heavy atom. The fraction of sp³-hybridized carbons (Fsp3) is 0.292. The van der Waals surface area contributed by atoms with Crippen molar-refractivity contribution in [3.05, 3.63) is 60.4 Å². The molecule has 162 valence electrons. The van der Waals surface area contributed by atoms with Gasteiger partial charge in [-0.25, -0.2) is 4.39 Å². The summed E-state index contributed by atoms with van der Waals surface area (Å²) in [6, 6.07) is 16.2. The molecular weight excluding hydrogens is 399 g/mol. The number of halogens is 1.